The number of aryl methyl sites for hydroxylation is 2. The molecule has 2 rings (SSSR count). The predicted octanol–water partition coefficient (Wildman–Crippen LogP) is 4.05. The second-order valence-corrected chi connectivity index (χ2v) is 4.75. The molecular weight excluding hydrogens is 283 g/mol. The van der Waals surface area contributed by atoms with Crippen molar-refractivity contribution in [3.05, 3.63) is 40.6 Å². The van der Waals surface area contributed by atoms with Gasteiger partial charge in [0.15, 0.2) is 0 Å². The SMILES string of the molecule is CCOC(=O)c1cc(C)c2cc(C)cc(C(F)(F)F)c2n1. The van der Waals surface area contributed by atoms with E-state index in [2.05, 4.69) is 4.98 Å². The minimum atomic E-state index is -4.53. The van der Waals surface area contributed by atoms with Crippen LogP contribution in [-0.4, -0.2) is 17.6 Å². The lowest BCUT2D eigenvalue weighted by atomic mass is 10.0. The number of alkyl halides is 3. The van der Waals surface area contributed by atoms with Crippen LogP contribution in [0.2, 0.25) is 0 Å². The second kappa shape index (κ2) is 5.35. The molecule has 0 aliphatic heterocycles. The topological polar surface area (TPSA) is 39.2 Å². The van der Waals surface area contributed by atoms with Gasteiger partial charge in [-0.1, -0.05) is 0 Å². The fourth-order valence-corrected chi connectivity index (χ4v) is 2.16. The molecule has 0 saturated carbocycles. The lowest BCUT2D eigenvalue weighted by Gasteiger charge is -2.13. The molecule has 1 aromatic heterocycles. The zero-order valence-electron chi connectivity index (χ0n) is 11.8. The van der Waals surface area contributed by atoms with Crippen LogP contribution in [0.1, 0.15) is 34.1 Å². The van der Waals surface area contributed by atoms with E-state index < -0.39 is 17.7 Å². The number of hydrogen-bond donors (Lipinski definition) is 0. The van der Waals surface area contributed by atoms with Gasteiger partial charge in [0.2, 0.25) is 0 Å². The van der Waals surface area contributed by atoms with Crippen LogP contribution >= 0.6 is 0 Å². The van der Waals surface area contributed by atoms with E-state index in [4.69, 9.17) is 4.74 Å². The Kier molecular flexibility index (Phi) is 3.89. The minimum absolute atomic E-state index is 0.115. The fourth-order valence-electron chi connectivity index (χ4n) is 2.16. The summed E-state index contributed by atoms with van der Waals surface area (Å²) in [6.45, 7) is 4.99. The molecule has 0 atom stereocenters. The Bertz CT molecular complexity index is 708. The first-order valence-electron chi connectivity index (χ1n) is 6.40. The normalized spacial score (nSPS) is 11.7. The van der Waals surface area contributed by atoms with Crippen LogP contribution < -0.4 is 0 Å². The highest BCUT2D eigenvalue weighted by molar-refractivity contribution is 5.94. The number of nitrogens with zero attached hydrogens (tertiary/aromatic N) is 1. The third-order valence-electron chi connectivity index (χ3n) is 3.05. The molecule has 112 valence electrons. The molecule has 2 aromatic rings. The molecule has 0 unspecified atom stereocenters. The van der Waals surface area contributed by atoms with Crippen molar-refractivity contribution in [1.29, 1.82) is 0 Å². The molecule has 21 heavy (non-hydrogen) atoms. The molecule has 0 bridgehead atoms. The summed E-state index contributed by atoms with van der Waals surface area (Å²) in [5, 5.41) is 0.385. The predicted molar refractivity (Wildman–Crippen MR) is 72.2 cm³/mol. The Labute approximate surface area is 119 Å². The zero-order chi connectivity index (χ0) is 15.8. The van der Waals surface area contributed by atoms with Gasteiger partial charge in [0.1, 0.15) is 5.69 Å². The molecule has 0 aliphatic carbocycles. The van der Waals surface area contributed by atoms with Crippen molar-refractivity contribution in [2.24, 2.45) is 0 Å². The van der Waals surface area contributed by atoms with Gasteiger partial charge in [0.25, 0.3) is 0 Å². The first kappa shape index (κ1) is 15.3. The number of benzene rings is 1. The quantitative estimate of drug-likeness (QED) is 0.785. The van der Waals surface area contributed by atoms with Crippen LogP contribution in [-0.2, 0) is 10.9 Å². The average Bonchev–Trinajstić information content (AvgIpc) is 2.37. The summed E-state index contributed by atoms with van der Waals surface area (Å²) in [6.07, 6.45) is -4.53. The Morgan fingerprint density at radius 2 is 1.90 bits per heavy atom. The lowest BCUT2D eigenvalue weighted by molar-refractivity contribution is -0.136. The van der Waals surface area contributed by atoms with Crippen LogP contribution in [0, 0.1) is 13.8 Å². The van der Waals surface area contributed by atoms with E-state index in [1.54, 1.807) is 26.8 Å². The molecule has 0 radical (unpaired) electrons. The van der Waals surface area contributed by atoms with Crippen molar-refractivity contribution in [1.82, 2.24) is 4.98 Å². The van der Waals surface area contributed by atoms with Crippen molar-refractivity contribution in [3.8, 4) is 0 Å². The molecule has 0 fully saturated rings. The number of aromatic nitrogens is 1. The number of halogens is 3. The highest BCUT2D eigenvalue weighted by Crippen LogP contribution is 2.36. The standard InChI is InChI=1S/C15H14F3NO2/c1-4-21-14(20)12-7-9(3)10-5-8(2)6-11(13(10)19-12)15(16,17)18/h5-7H,4H2,1-3H3. The van der Waals surface area contributed by atoms with Crippen molar-refractivity contribution in [3.63, 3.8) is 0 Å². The van der Waals surface area contributed by atoms with E-state index in [9.17, 15) is 18.0 Å². The summed E-state index contributed by atoms with van der Waals surface area (Å²) in [5.74, 6) is -0.726. The van der Waals surface area contributed by atoms with Gasteiger partial charge in [-0.15, -0.1) is 0 Å². The van der Waals surface area contributed by atoms with Crippen LogP contribution in [0.25, 0.3) is 10.9 Å². The number of rotatable bonds is 2. The van der Waals surface area contributed by atoms with Gasteiger partial charge in [-0.25, -0.2) is 9.78 Å². The molecule has 0 amide bonds. The lowest BCUT2D eigenvalue weighted by Crippen LogP contribution is -2.11. The Hall–Kier alpha value is -2.11. The van der Waals surface area contributed by atoms with Gasteiger partial charge >= 0.3 is 12.1 Å². The van der Waals surface area contributed by atoms with Gasteiger partial charge in [-0.05, 0) is 50.1 Å². The number of carbonyl (C=O) groups excluding carboxylic acids is 1. The first-order valence-corrected chi connectivity index (χ1v) is 6.40. The molecule has 0 aliphatic rings. The van der Waals surface area contributed by atoms with Crippen molar-refractivity contribution in [2.45, 2.75) is 26.9 Å². The van der Waals surface area contributed by atoms with E-state index in [0.717, 1.165) is 6.07 Å². The maximum atomic E-state index is 13.2. The molecule has 0 spiro atoms. The molecule has 0 N–H and O–H groups in total. The van der Waals surface area contributed by atoms with E-state index >= 15 is 0 Å². The van der Waals surface area contributed by atoms with E-state index in [1.165, 1.54) is 6.07 Å². The van der Waals surface area contributed by atoms with Gasteiger partial charge < -0.3 is 4.74 Å². The number of ether oxygens (including phenoxy) is 1. The molecule has 0 saturated heterocycles. The second-order valence-electron chi connectivity index (χ2n) is 4.75. The Morgan fingerprint density at radius 3 is 2.48 bits per heavy atom. The van der Waals surface area contributed by atoms with Crippen LogP contribution in [0.5, 0.6) is 0 Å². The largest absolute Gasteiger partial charge is 0.461 e. The number of pyridine rings is 1. The minimum Gasteiger partial charge on any atom is -0.461 e. The molecule has 6 heteroatoms. The molecular formula is C15H14F3NO2. The summed E-state index contributed by atoms with van der Waals surface area (Å²) in [7, 11) is 0. The Morgan fingerprint density at radius 1 is 1.24 bits per heavy atom. The zero-order valence-corrected chi connectivity index (χ0v) is 11.8. The van der Waals surface area contributed by atoms with Crippen molar-refractivity contribution < 1.29 is 22.7 Å². The van der Waals surface area contributed by atoms with Crippen LogP contribution in [0.15, 0.2) is 18.2 Å². The van der Waals surface area contributed by atoms with Crippen molar-refractivity contribution >= 4 is 16.9 Å². The molecule has 1 aromatic carbocycles. The van der Waals surface area contributed by atoms with Gasteiger partial charge in [-0.2, -0.15) is 13.2 Å². The summed E-state index contributed by atoms with van der Waals surface area (Å²) in [6, 6.07) is 4.10. The average molecular weight is 297 g/mol. The first-order chi connectivity index (χ1) is 9.74. The van der Waals surface area contributed by atoms with Crippen molar-refractivity contribution in [2.75, 3.05) is 6.61 Å². The maximum absolute atomic E-state index is 13.2. The van der Waals surface area contributed by atoms with E-state index in [0.29, 0.717) is 16.5 Å². The number of carbonyl (C=O) groups is 1. The maximum Gasteiger partial charge on any atom is 0.418 e. The monoisotopic (exact) mass is 297 g/mol. The highest BCUT2D eigenvalue weighted by atomic mass is 19.4. The highest BCUT2D eigenvalue weighted by Gasteiger charge is 2.34. The fraction of sp³-hybridized carbons (Fsp3) is 0.333. The summed E-state index contributed by atoms with van der Waals surface area (Å²) < 4.78 is 44.3. The molecule has 3 nitrogen and oxygen atoms in total. The summed E-state index contributed by atoms with van der Waals surface area (Å²) in [5.41, 5.74) is -0.139. The van der Waals surface area contributed by atoms with Crippen LogP contribution in [0.4, 0.5) is 13.2 Å². The summed E-state index contributed by atoms with van der Waals surface area (Å²) >= 11 is 0. The number of esters is 1. The summed E-state index contributed by atoms with van der Waals surface area (Å²) in [4.78, 5) is 15.6. The van der Waals surface area contributed by atoms with E-state index in [1.807, 2.05) is 0 Å². The van der Waals surface area contributed by atoms with Crippen LogP contribution in [0.3, 0.4) is 0 Å². The molecule has 1 heterocycles. The Balaban J connectivity index is 2.77. The number of fused-ring (bicyclic) bond motifs is 1. The number of hydrogen-bond acceptors (Lipinski definition) is 3. The van der Waals surface area contributed by atoms with Gasteiger partial charge in [-0.3, -0.25) is 0 Å². The van der Waals surface area contributed by atoms with Gasteiger partial charge in [0.05, 0.1) is 17.7 Å². The third kappa shape index (κ3) is 2.99. The van der Waals surface area contributed by atoms with Gasteiger partial charge in [0, 0.05) is 5.39 Å². The van der Waals surface area contributed by atoms with E-state index in [-0.39, 0.29) is 17.8 Å². The smallest absolute Gasteiger partial charge is 0.418 e. The third-order valence-corrected chi connectivity index (χ3v) is 3.05.